The van der Waals surface area contributed by atoms with Gasteiger partial charge in [-0.3, -0.25) is 9.69 Å². The molecule has 220 valence electrons. The van der Waals surface area contributed by atoms with Crippen LogP contribution in [0.5, 0.6) is 0 Å². The van der Waals surface area contributed by atoms with Gasteiger partial charge in [0.25, 0.3) is 0 Å². The minimum absolute atomic E-state index is 0.0464. The Balaban J connectivity index is 1.11. The van der Waals surface area contributed by atoms with Crippen LogP contribution in [0.2, 0.25) is 0 Å². The highest BCUT2D eigenvalue weighted by molar-refractivity contribution is 7.99. The van der Waals surface area contributed by atoms with Crippen molar-refractivity contribution in [1.82, 2.24) is 9.80 Å². The van der Waals surface area contributed by atoms with E-state index < -0.39 is 0 Å². The summed E-state index contributed by atoms with van der Waals surface area (Å²) in [5.74, 6) is 7.26. The topological polar surface area (TPSA) is 43.8 Å². The van der Waals surface area contributed by atoms with Crippen LogP contribution in [0.3, 0.4) is 0 Å². The van der Waals surface area contributed by atoms with E-state index in [1.54, 1.807) is 0 Å². The summed E-state index contributed by atoms with van der Waals surface area (Å²) in [4.78, 5) is 19.8. The number of thioether (sulfide) groups is 1. The maximum atomic E-state index is 14.7. The minimum Gasteiger partial charge on any atom is -0.393 e. The van der Waals surface area contributed by atoms with Crippen LogP contribution in [-0.2, 0) is 4.79 Å². The van der Waals surface area contributed by atoms with Gasteiger partial charge in [0, 0.05) is 43.7 Å². The Morgan fingerprint density at radius 1 is 0.821 bits per heavy atom. The Morgan fingerprint density at radius 3 is 2.38 bits per heavy atom. The monoisotopic (exact) mass is 556 g/mol. The first-order chi connectivity index (χ1) is 18.8. The summed E-state index contributed by atoms with van der Waals surface area (Å²) in [6, 6.07) is 0.459. The smallest absolute Gasteiger partial charge is 0.229 e. The van der Waals surface area contributed by atoms with Crippen molar-refractivity contribution in [2.75, 3.05) is 37.7 Å². The van der Waals surface area contributed by atoms with E-state index in [9.17, 15) is 9.90 Å². The zero-order valence-corrected chi connectivity index (χ0v) is 26.0. The molecule has 5 saturated carbocycles. The summed E-state index contributed by atoms with van der Waals surface area (Å²) >= 11 is 2.09. The fraction of sp³-hybridized carbons (Fsp3) is 0.971. The molecule has 2 saturated heterocycles. The molecule has 1 N–H and O–H groups in total. The zero-order chi connectivity index (χ0) is 27.0. The highest BCUT2D eigenvalue weighted by Crippen LogP contribution is 2.72. The van der Waals surface area contributed by atoms with E-state index in [1.807, 2.05) is 0 Å². The van der Waals surface area contributed by atoms with E-state index in [-0.39, 0.29) is 11.5 Å². The van der Waals surface area contributed by atoms with Gasteiger partial charge < -0.3 is 10.0 Å². The number of rotatable bonds is 3. The van der Waals surface area contributed by atoms with Crippen LogP contribution < -0.4 is 0 Å². The molecular formula is C34H56N2O2S. The van der Waals surface area contributed by atoms with E-state index >= 15 is 0 Å². The molecule has 7 fully saturated rings. The van der Waals surface area contributed by atoms with Gasteiger partial charge in [0.15, 0.2) is 0 Å². The quantitative estimate of drug-likeness (QED) is 0.433. The van der Waals surface area contributed by atoms with Crippen molar-refractivity contribution in [2.45, 2.75) is 116 Å². The molecule has 39 heavy (non-hydrogen) atoms. The molecule has 7 aliphatic rings. The number of hydrogen-bond donors (Lipinski definition) is 1. The molecule has 5 aliphatic carbocycles. The maximum absolute atomic E-state index is 14.7. The Kier molecular flexibility index (Phi) is 7.20. The van der Waals surface area contributed by atoms with Crippen molar-refractivity contribution in [1.29, 1.82) is 0 Å². The predicted molar refractivity (Wildman–Crippen MR) is 161 cm³/mol. The zero-order valence-electron chi connectivity index (χ0n) is 25.2. The van der Waals surface area contributed by atoms with Crippen LogP contribution in [0.25, 0.3) is 0 Å². The normalized spacial score (nSPS) is 52.1. The Morgan fingerprint density at radius 2 is 1.56 bits per heavy atom. The van der Waals surface area contributed by atoms with Gasteiger partial charge in [0.05, 0.1) is 11.5 Å². The molecule has 7 rings (SSSR count). The Hall–Kier alpha value is -0.260. The van der Waals surface area contributed by atoms with E-state index in [2.05, 4.69) is 42.3 Å². The van der Waals surface area contributed by atoms with Crippen molar-refractivity contribution < 1.29 is 9.90 Å². The number of carbonyl (C=O) groups is 1. The standard InChI is InChI=1S/C34H56N2O2S/c1-23-26-10-14-33(3)27-11-16-34(31(38)36-17-5-6-24(36)22-35-18-20-39-21-19-35)13-4-7-28(34)25(27)8-9-30(33)32(26,2)15-12-29(23)37/h23-30,37H,4-22H2,1-3H3. The maximum Gasteiger partial charge on any atom is 0.229 e. The second kappa shape index (κ2) is 10.2. The van der Waals surface area contributed by atoms with Crippen molar-refractivity contribution in [2.24, 2.45) is 51.8 Å². The highest BCUT2D eigenvalue weighted by Gasteiger charge is 2.66. The summed E-state index contributed by atoms with van der Waals surface area (Å²) in [7, 11) is 0. The first-order valence-corrected chi connectivity index (χ1v) is 18.2. The molecule has 2 aliphatic heterocycles. The lowest BCUT2D eigenvalue weighted by atomic mass is 9.37. The average molecular weight is 557 g/mol. The predicted octanol–water partition coefficient (Wildman–Crippen LogP) is 6.46. The lowest BCUT2D eigenvalue weighted by Gasteiger charge is -2.67. The van der Waals surface area contributed by atoms with Gasteiger partial charge in [0.1, 0.15) is 0 Å². The molecule has 4 nitrogen and oxygen atoms in total. The van der Waals surface area contributed by atoms with Gasteiger partial charge in [-0.2, -0.15) is 11.8 Å². The molecule has 0 aromatic carbocycles. The van der Waals surface area contributed by atoms with Crippen molar-refractivity contribution in [3.63, 3.8) is 0 Å². The molecule has 0 aromatic rings. The summed E-state index contributed by atoms with van der Waals surface area (Å²) < 4.78 is 0. The molecule has 0 aromatic heterocycles. The number of fused-ring (bicyclic) bond motifs is 7. The average Bonchev–Trinajstić information content (AvgIpc) is 3.59. The second-order valence-corrected chi connectivity index (χ2v) is 17.1. The number of carbonyl (C=O) groups excluding carboxylic acids is 1. The number of amides is 1. The molecule has 11 unspecified atom stereocenters. The first kappa shape index (κ1) is 27.6. The van der Waals surface area contributed by atoms with E-state index in [0.29, 0.717) is 40.5 Å². The first-order valence-electron chi connectivity index (χ1n) is 17.1. The summed E-state index contributed by atoms with van der Waals surface area (Å²) in [6.07, 6.45) is 16.1. The van der Waals surface area contributed by atoms with Crippen molar-refractivity contribution >= 4 is 17.7 Å². The molecule has 0 radical (unpaired) electrons. The van der Waals surface area contributed by atoms with Crippen molar-refractivity contribution in [3.8, 4) is 0 Å². The van der Waals surface area contributed by atoms with Crippen LogP contribution >= 0.6 is 11.8 Å². The number of nitrogens with zero attached hydrogens (tertiary/aromatic N) is 2. The van der Waals surface area contributed by atoms with Crippen LogP contribution in [0.1, 0.15) is 104 Å². The van der Waals surface area contributed by atoms with Gasteiger partial charge >= 0.3 is 0 Å². The molecule has 1 amide bonds. The second-order valence-electron chi connectivity index (χ2n) is 15.9. The van der Waals surface area contributed by atoms with Gasteiger partial charge in [-0.1, -0.05) is 27.2 Å². The highest BCUT2D eigenvalue weighted by atomic mass is 32.2. The molecule has 0 bridgehead atoms. The summed E-state index contributed by atoms with van der Waals surface area (Å²) in [5, 5.41) is 10.7. The SMILES string of the molecule is CC1C(O)CCC2(C)C1CCC1(C)C3CCC4(C(=O)N5CCCC5CN5CCSCC5)CCCC4C3CCC21. The third-order valence-corrected chi connectivity index (χ3v) is 15.7. The number of likely N-dealkylation sites (tertiary alicyclic amines) is 1. The van der Waals surface area contributed by atoms with Gasteiger partial charge in [-0.15, -0.1) is 0 Å². The van der Waals surface area contributed by atoms with Gasteiger partial charge in [-0.05, 0) is 123 Å². The third-order valence-electron chi connectivity index (χ3n) is 14.7. The van der Waals surface area contributed by atoms with E-state index in [4.69, 9.17) is 0 Å². The van der Waals surface area contributed by atoms with Crippen LogP contribution in [0, 0.1) is 51.8 Å². The lowest BCUT2D eigenvalue weighted by Crippen LogP contribution is -2.62. The lowest BCUT2D eigenvalue weighted by molar-refractivity contribution is -0.198. The third kappa shape index (κ3) is 4.15. The number of aliphatic hydroxyl groups is 1. The summed E-state index contributed by atoms with van der Waals surface area (Å²) in [5.41, 5.74) is 0.776. The van der Waals surface area contributed by atoms with Crippen LogP contribution in [-0.4, -0.2) is 70.6 Å². The largest absolute Gasteiger partial charge is 0.393 e. The molecule has 11 atom stereocenters. The number of aliphatic hydroxyl groups excluding tert-OH is 1. The van der Waals surface area contributed by atoms with Gasteiger partial charge in [-0.25, -0.2) is 0 Å². The Labute approximate surface area is 242 Å². The van der Waals surface area contributed by atoms with Crippen LogP contribution in [0.4, 0.5) is 0 Å². The van der Waals surface area contributed by atoms with Crippen molar-refractivity contribution in [3.05, 3.63) is 0 Å². The molecule has 2 heterocycles. The van der Waals surface area contributed by atoms with E-state index in [0.717, 1.165) is 37.3 Å². The fourth-order valence-corrected chi connectivity index (χ4v) is 13.8. The number of hydrogen-bond acceptors (Lipinski definition) is 4. The van der Waals surface area contributed by atoms with Gasteiger partial charge in [0.2, 0.25) is 5.91 Å². The summed E-state index contributed by atoms with van der Waals surface area (Å²) in [6.45, 7) is 12.2. The van der Waals surface area contributed by atoms with E-state index in [1.165, 1.54) is 102 Å². The molecule has 0 spiro atoms. The van der Waals surface area contributed by atoms with Crippen LogP contribution in [0.15, 0.2) is 0 Å². The molecular weight excluding hydrogens is 500 g/mol. The fourth-order valence-electron chi connectivity index (χ4n) is 12.9. The molecule has 5 heteroatoms. The Bertz CT molecular complexity index is 938. The minimum atomic E-state index is -0.0909.